The molecule has 0 N–H and O–H groups in total. The second-order valence-corrected chi connectivity index (χ2v) is 4.26. The number of halogens is 1. The smallest absolute Gasteiger partial charge is 0.205 e. The molecule has 4 heteroatoms. The molecule has 0 amide bonds. The minimum atomic E-state index is -0.152. The van der Waals surface area contributed by atoms with Crippen LogP contribution in [0.5, 0.6) is 0 Å². The summed E-state index contributed by atoms with van der Waals surface area (Å²) in [7, 11) is 0. The Labute approximate surface area is 107 Å². The molecule has 1 aromatic heterocycles. The van der Waals surface area contributed by atoms with Crippen molar-refractivity contribution in [1.29, 1.82) is 0 Å². The van der Waals surface area contributed by atoms with E-state index in [0.29, 0.717) is 5.69 Å². The van der Waals surface area contributed by atoms with Crippen LogP contribution in [-0.4, -0.2) is 15.8 Å². The highest BCUT2D eigenvalue weighted by atomic mass is 79.9. The summed E-state index contributed by atoms with van der Waals surface area (Å²) >= 11 is 3.35. The predicted molar refractivity (Wildman–Crippen MR) is 69.5 cm³/mol. The van der Waals surface area contributed by atoms with Gasteiger partial charge < -0.3 is 0 Å². The van der Waals surface area contributed by atoms with Crippen molar-refractivity contribution in [3.8, 4) is 0 Å². The molecular formula is C13H9BrN2O. The molecule has 2 rings (SSSR count). The van der Waals surface area contributed by atoms with Crippen LogP contribution in [0.15, 0.2) is 53.4 Å². The third-order valence-electron chi connectivity index (χ3n) is 2.11. The maximum Gasteiger partial charge on any atom is 0.205 e. The zero-order valence-corrected chi connectivity index (χ0v) is 10.5. The van der Waals surface area contributed by atoms with Gasteiger partial charge in [-0.1, -0.05) is 34.1 Å². The van der Waals surface area contributed by atoms with Gasteiger partial charge in [-0.2, -0.15) is 0 Å². The number of rotatable bonds is 3. The van der Waals surface area contributed by atoms with Gasteiger partial charge in [-0.05, 0) is 23.8 Å². The predicted octanol–water partition coefficient (Wildman–Crippen LogP) is 3.14. The molecule has 1 heterocycles. The van der Waals surface area contributed by atoms with E-state index < -0.39 is 0 Å². The van der Waals surface area contributed by atoms with Crippen LogP contribution >= 0.6 is 15.9 Å². The van der Waals surface area contributed by atoms with Crippen molar-refractivity contribution >= 4 is 27.8 Å². The molecule has 0 radical (unpaired) electrons. The van der Waals surface area contributed by atoms with E-state index in [2.05, 4.69) is 25.9 Å². The Morgan fingerprint density at radius 2 is 1.94 bits per heavy atom. The number of benzene rings is 1. The summed E-state index contributed by atoms with van der Waals surface area (Å²) in [6.45, 7) is 0. The Bertz CT molecular complexity index is 535. The van der Waals surface area contributed by atoms with E-state index in [1.807, 2.05) is 24.3 Å². The molecule has 0 bridgehead atoms. The van der Waals surface area contributed by atoms with Gasteiger partial charge in [0.2, 0.25) is 5.78 Å². The molecule has 2 aromatic rings. The SMILES string of the molecule is O=C(/C=C/c1ccc(Br)cc1)c1cnccn1. The second-order valence-electron chi connectivity index (χ2n) is 3.34. The molecule has 0 aliphatic heterocycles. The highest BCUT2D eigenvalue weighted by molar-refractivity contribution is 9.10. The molecule has 0 spiro atoms. The quantitative estimate of drug-likeness (QED) is 0.644. The Morgan fingerprint density at radius 1 is 1.18 bits per heavy atom. The minimum Gasteiger partial charge on any atom is -0.287 e. The van der Waals surface area contributed by atoms with Crippen molar-refractivity contribution < 1.29 is 4.79 Å². The van der Waals surface area contributed by atoms with Gasteiger partial charge in [0.15, 0.2) is 0 Å². The first-order valence-electron chi connectivity index (χ1n) is 5.00. The lowest BCUT2D eigenvalue weighted by Gasteiger charge is -1.94. The Kier molecular flexibility index (Phi) is 3.77. The van der Waals surface area contributed by atoms with E-state index in [-0.39, 0.29) is 5.78 Å². The third kappa shape index (κ3) is 3.32. The maximum atomic E-state index is 11.7. The Morgan fingerprint density at radius 3 is 2.59 bits per heavy atom. The average Bonchev–Trinajstić information content (AvgIpc) is 2.39. The fourth-order valence-corrected chi connectivity index (χ4v) is 1.52. The molecule has 84 valence electrons. The summed E-state index contributed by atoms with van der Waals surface area (Å²) in [6, 6.07) is 7.69. The second kappa shape index (κ2) is 5.50. The lowest BCUT2D eigenvalue weighted by Crippen LogP contribution is -1.97. The van der Waals surface area contributed by atoms with Gasteiger partial charge in [-0.25, -0.2) is 4.98 Å². The molecule has 0 atom stereocenters. The number of carbonyl (C=O) groups is 1. The number of ketones is 1. The van der Waals surface area contributed by atoms with E-state index in [9.17, 15) is 4.79 Å². The average molecular weight is 289 g/mol. The van der Waals surface area contributed by atoms with Crippen molar-refractivity contribution in [3.63, 3.8) is 0 Å². The molecule has 0 saturated carbocycles. The zero-order chi connectivity index (χ0) is 12.1. The zero-order valence-electron chi connectivity index (χ0n) is 8.88. The van der Waals surface area contributed by atoms with Gasteiger partial charge in [0.25, 0.3) is 0 Å². The fourth-order valence-electron chi connectivity index (χ4n) is 1.26. The highest BCUT2D eigenvalue weighted by Crippen LogP contribution is 2.11. The number of aromatic nitrogens is 2. The molecule has 1 aromatic carbocycles. The maximum absolute atomic E-state index is 11.7. The number of hydrogen-bond donors (Lipinski definition) is 0. The topological polar surface area (TPSA) is 42.9 Å². The summed E-state index contributed by atoms with van der Waals surface area (Å²) in [5.74, 6) is -0.152. The van der Waals surface area contributed by atoms with E-state index in [0.717, 1.165) is 10.0 Å². The van der Waals surface area contributed by atoms with Gasteiger partial charge in [-0.15, -0.1) is 0 Å². The lowest BCUT2D eigenvalue weighted by atomic mass is 10.2. The van der Waals surface area contributed by atoms with Crippen LogP contribution in [-0.2, 0) is 0 Å². The van der Waals surface area contributed by atoms with Gasteiger partial charge in [0.05, 0.1) is 6.20 Å². The van der Waals surface area contributed by atoms with Crippen molar-refractivity contribution in [2.45, 2.75) is 0 Å². The summed E-state index contributed by atoms with van der Waals surface area (Å²) in [5.41, 5.74) is 1.31. The molecule has 0 unspecified atom stereocenters. The van der Waals surface area contributed by atoms with E-state index in [1.54, 1.807) is 6.08 Å². The summed E-state index contributed by atoms with van der Waals surface area (Å²) < 4.78 is 1.01. The third-order valence-corrected chi connectivity index (χ3v) is 2.64. The first-order chi connectivity index (χ1) is 8.25. The fraction of sp³-hybridized carbons (Fsp3) is 0. The Hall–Kier alpha value is -1.81. The number of nitrogens with zero attached hydrogens (tertiary/aromatic N) is 2. The minimum absolute atomic E-state index is 0.152. The molecule has 0 aliphatic carbocycles. The molecular weight excluding hydrogens is 280 g/mol. The lowest BCUT2D eigenvalue weighted by molar-refractivity contribution is 0.104. The van der Waals surface area contributed by atoms with Crippen LogP contribution in [0.3, 0.4) is 0 Å². The first-order valence-corrected chi connectivity index (χ1v) is 5.79. The Balaban J connectivity index is 2.11. The van der Waals surface area contributed by atoms with E-state index in [4.69, 9.17) is 0 Å². The van der Waals surface area contributed by atoms with Gasteiger partial charge in [0.1, 0.15) is 5.69 Å². The summed E-state index contributed by atoms with van der Waals surface area (Å²) in [4.78, 5) is 19.5. The molecule has 0 aliphatic rings. The van der Waals surface area contributed by atoms with E-state index in [1.165, 1.54) is 24.7 Å². The van der Waals surface area contributed by atoms with Crippen molar-refractivity contribution in [2.24, 2.45) is 0 Å². The first kappa shape index (κ1) is 11.7. The number of allylic oxidation sites excluding steroid dienone is 1. The van der Waals surface area contributed by atoms with Crippen molar-refractivity contribution in [1.82, 2.24) is 9.97 Å². The van der Waals surface area contributed by atoms with Gasteiger partial charge in [0, 0.05) is 16.9 Å². The number of carbonyl (C=O) groups excluding carboxylic acids is 1. The van der Waals surface area contributed by atoms with Crippen LogP contribution in [0, 0.1) is 0 Å². The van der Waals surface area contributed by atoms with Crippen LogP contribution in [0.4, 0.5) is 0 Å². The monoisotopic (exact) mass is 288 g/mol. The van der Waals surface area contributed by atoms with E-state index >= 15 is 0 Å². The normalized spacial score (nSPS) is 10.6. The van der Waals surface area contributed by atoms with Crippen LogP contribution in [0.2, 0.25) is 0 Å². The van der Waals surface area contributed by atoms with Crippen LogP contribution in [0.1, 0.15) is 16.1 Å². The van der Waals surface area contributed by atoms with Crippen molar-refractivity contribution in [3.05, 3.63) is 64.7 Å². The standard InChI is InChI=1S/C13H9BrN2O/c14-11-4-1-10(2-5-11)3-6-13(17)12-9-15-7-8-16-12/h1-9H/b6-3+. The molecule has 17 heavy (non-hydrogen) atoms. The largest absolute Gasteiger partial charge is 0.287 e. The molecule has 0 saturated heterocycles. The summed E-state index contributed by atoms with van der Waals surface area (Å²) in [6.07, 6.45) is 7.74. The molecule has 0 fully saturated rings. The van der Waals surface area contributed by atoms with Crippen LogP contribution in [0.25, 0.3) is 6.08 Å². The summed E-state index contributed by atoms with van der Waals surface area (Å²) in [5, 5.41) is 0. The van der Waals surface area contributed by atoms with Crippen LogP contribution < -0.4 is 0 Å². The van der Waals surface area contributed by atoms with Crippen molar-refractivity contribution in [2.75, 3.05) is 0 Å². The van der Waals surface area contributed by atoms with Gasteiger partial charge in [-0.3, -0.25) is 9.78 Å². The molecule has 3 nitrogen and oxygen atoms in total. The number of hydrogen-bond acceptors (Lipinski definition) is 3. The highest BCUT2D eigenvalue weighted by Gasteiger charge is 2.01. The van der Waals surface area contributed by atoms with Gasteiger partial charge >= 0.3 is 0 Å².